The molecule has 0 aromatic carbocycles. The van der Waals surface area contributed by atoms with Crippen molar-refractivity contribution in [3.63, 3.8) is 0 Å². The van der Waals surface area contributed by atoms with E-state index in [-0.39, 0.29) is 30.9 Å². The van der Waals surface area contributed by atoms with Gasteiger partial charge in [0.15, 0.2) is 0 Å². The van der Waals surface area contributed by atoms with Crippen LogP contribution in [0.5, 0.6) is 0 Å². The number of hydrogen-bond donors (Lipinski definition) is 3. The lowest BCUT2D eigenvalue weighted by atomic mass is 10.0. The Bertz CT molecular complexity index is 807. The normalized spacial score (nSPS) is 17.2. The third-order valence-corrected chi connectivity index (χ3v) is 5.59. The molecular weight excluding hydrogens is 480 g/mol. The minimum Gasteiger partial charge on any atom is -0.465 e. The Morgan fingerprint density at radius 1 is 0.946 bits per heavy atom. The third-order valence-electron chi connectivity index (χ3n) is 5.59. The van der Waals surface area contributed by atoms with Crippen molar-refractivity contribution in [2.45, 2.75) is 105 Å². The Kier molecular flexibility index (Phi) is 12.9. The van der Waals surface area contributed by atoms with Gasteiger partial charge in [0.1, 0.15) is 30.3 Å². The molecular formula is C26H46N4O7. The summed E-state index contributed by atoms with van der Waals surface area (Å²) in [4.78, 5) is 65.0. The number of carbonyl (C=O) groups excluding carboxylic acids is 5. The van der Waals surface area contributed by atoms with Crippen molar-refractivity contribution in [3.05, 3.63) is 0 Å². The van der Waals surface area contributed by atoms with E-state index in [1.807, 2.05) is 27.7 Å². The highest BCUT2D eigenvalue weighted by Crippen LogP contribution is 2.21. The highest BCUT2D eigenvalue weighted by molar-refractivity contribution is 5.94. The summed E-state index contributed by atoms with van der Waals surface area (Å²) in [6.45, 7) is 14.9. The smallest absolute Gasteiger partial charge is 0.408 e. The molecule has 1 aliphatic rings. The first-order valence-electron chi connectivity index (χ1n) is 13.2. The zero-order chi connectivity index (χ0) is 28.3. The van der Waals surface area contributed by atoms with Gasteiger partial charge in [0, 0.05) is 6.54 Å². The monoisotopic (exact) mass is 526 g/mol. The van der Waals surface area contributed by atoms with E-state index in [0.29, 0.717) is 32.2 Å². The summed E-state index contributed by atoms with van der Waals surface area (Å²) in [6, 6.07) is -2.48. The first kappa shape index (κ1) is 32.2. The Morgan fingerprint density at radius 3 is 2.08 bits per heavy atom. The number of carbonyl (C=O) groups is 5. The summed E-state index contributed by atoms with van der Waals surface area (Å²) in [6.07, 6.45) is 1.11. The van der Waals surface area contributed by atoms with E-state index in [9.17, 15) is 24.0 Å². The van der Waals surface area contributed by atoms with Crippen molar-refractivity contribution in [2.75, 3.05) is 19.7 Å². The van der Waals surface area contributed by atoms with Crippen molar-refractivity contribution < 1.29 is 33.4 Å². The van der Waals surface area contributed by atoms with Crippen LogP contribution in [0.4, 0.5) is 4.79 Å². The molecule has 0 bridgehead atoms. The van der Waals surface area contributed by atoms with Gasteiger partial charge in [-0.05, 0) is 65.2 Å². The fourth-order valence-electron chi connectivity index (χ4n) is 4.11. The molecule has 1 heterocycles. The maximum atomic E-state index is 13.5. The number of ether oxygens (including phenoxy) is 2. The summed E-state index contributed by atoms with van der Waals surface area (Å²) in [5.74, 6) is -1.65. The van der Waals surface area contributed by atoms with Gasteiger partial charge in [-0.1, -0.05) is 27.7 Å². The highest BCUT2D eigenvalue weighted by atomic mass is 16.6. The van der Waals surface area contributed by atoms with Crippen molar-refractivity contribution in [2.24, 2.45) is 11.8 Å². The third kappa shape index (κ3) is 11.8. The van der Waals surface area contributed by atoms with Crippen molar-refractivity contribution >= 4 is 29.8 Å². The van der Waals surface area contributed by atoms with Gasteiger partial charge in [-0.25, -0.2) is 4.79 Å². The predicted molar refractivity (Wildman–Crippen MR) is 138 cm³/mol. The largest absolute Gasteiger partial charge is 0.465 e. The van der Waals surface area contributed by atoms with Crippen molar-refractivity contribution in [1.82, 2.24) is 20.9 Å². The van der Waals surface area contributed by atoms with Gasteiger partial charge in [0.2, 0.25) is 17.7 Å². The quantitative estimate of drug-likeness (QED) is 0.331. The zero-order valence-corrected chi connectivity index (χ0v) is 23.6. The number of amides is 4. The van der Waals surface area contributed by atoms with Crippen LogP contribution < -0.4 is 16.0 Å². The molecule has 11 nitrogen and oxygen atoms in total. The van der Waals surface area contributed by atoms with E-state index in [1.54, 1.807) is 27.7 Å². The molecule has 0 spiro atoms. The van der Waals surface area contributed by atoms with E-state index in [0.717, 1.165) is 0 Å². The molecule has 37 heavy (non-hydrogen) atoms. The number of nitrogens with zero attached hydrogens (tertiary/aromatic N) is 1. The van der Waals surface area contributed by atoms with Crippen LogP contribution in [0.25, 0.3) is 0 Å². The van der Waals surface area contributed by atoms with Crippen LogP contribution in [-0.2, 0) is 28.7 Å². The molecule has 0 aromatic rings. The second kappa shape index (κ2) is 14.8. The molecule has 3 atom stereocenters. The zero-order valence-electron chi connectivity index (χ0n) is 23.6. The molecule has 212 valence electrons. The topological polar surface area (TPSA) is 143 Å². The number of hydrogen-bond acceptors (Lipinski definition) is 7. The SMILES string of the molecule is CCOC(=O)CNC(=O)[C@H](CC(C)C)NC(=O)[C@@H]1CCCN1C(=O)[C@H](CC(C)C)NC(=O)OC(C)(C)C. The predicted octanol–water partition coefficient (Wildman–Crippen LogP) is 2.13. The first-order chi connectivity index (χ1) is 17.1. The molecule has 0 saturated carbocycles. The van der Waals surface area contributed by atoms with Crippen LogP contribution in [0, 0.1) is 11.8 Å². The van der Waals surface area contributed by atoms with Gasteiger partial charge in [0.05, 0.1) is 6.61 Å². The maximum absolute atomic E-state index is 13.5. The van der Waals surface area contributed by atoms with Crippen LogP contribution in [0.3, 0.4) is 0 Å². The summed E-state index contributed by atoms with van der Waals surface area (Å²) < 4.78 is 10.2. The molecule has 0 unspecified atom stereocenters. The maximum Gasteiger partial charge on any atom is 0.408 e. The van der Waals surface area contributed by atoms with Gasteiger partial charge in [-0.15, -0.1) is 0 Å². The van der Waals surface area contributed by atoms with Crippen molar-refractivity contribution in [1.29, 1.82) is 0 Å². The Labute approximate surface area is 220 Å². The fraction of sp³-hybridized carbons (Fsp3) is 0.808. The average Bonchev–Trinajstić information content (AvgIpc) is 3.24. The summed E-state index contributed by atoms with van der Waals surface area (Å²) in [7, 11) is 0. The van der Waals surface area contributed by atoms with Crippen LogP contribution >= 0.6 is 0 Å². The van der Waals surface area contributed by atoms with Gasteiger partial charge in [0.25, 0.3) is 0 Å². The molecule has 1 aliphatic heterocycles. The molecule has 1 fully saturated rings. The van der Waals surface area contributed by atoms with Crippen molar-refractivity contribution in [3.8, 4) is 0 Å². The number of likely N-dealkylation sites (tertiary alicyclic amines) is 1. The lowest BCUT2D eigenvalue weighted by Crippen LogP contribution is -2.57. The van der Waals surface area contributed by atoms with Crippen LogP contribution in [0.15, 0.2) is 0 Å². The standard InChI is InChI=1S/C26H46N4O7/c1-9-36-21(31)15-27-22(32)18(13-16(2)3)28-23(33)20-11-10-12-30(20)24(34)19(14-17(4)5)29-25(35)37-26(6,7)8/h16-20H,9-15H2,1-8H3,(H,27,32)(H,28,33)(H,29,35)/t18-,19-,20-/m0/s1. The minimum atomic E-state index is -0.870. The second-order valence-corrected chi connectivity index (χ2v) is 11.2. The van der Waals surface area contributed by atoms with Gasteiger partial charge < -0.3 is 30.3 Å². The Hall–Kier alpha value is -2.85. The lowest BCUT2D eigenvalue weighted by molar-refractivity contribution is -0.144. The molecule has 0 radical (unpaired) electrons. The number of nitrogens with one attached hydrogen (secondary N) is 3. The van der Waals surface area contributed by atoms with Gasteiger partial charge in [-0.2, -0.15) is 0 Å². The van der Waals surface area contributed by atoms with Crippen LogP contribution in [0.2, 0.25) is 0 Å². The summed E-state index contributed by atoms with van der Waals surface area (Å²) in [5.41, 5.74) is -0.717. The van der Waals surface area contributed by atoms with Crippen LogP contribution in [0.1, 0.15) is 81.1 Å². The molecule has 1 saturated heterocycles. The molecule has 11 heteroatoms. The Morgan fingerprint density at radius 2 is 1.54 bits per heavy atom. The molecule has 3 N–H and O–H groups in total. The molecule has 1 rings (SSSR count). The molecule has 0 aromatic heterocycles. The summed E-state index contributed by atoms with van der Waals surface area (Å²) >= 11 is 0. The summed E-state index contributed by atoms with van der Waals surface area (Å²) in [5, 5.41) is 7.96. The molecule has 4 amide bonds. The number of esters is 1. The van der Waals surface area contributed by atoms with E-state index in [2.05, 4.69) is 16.0 Å². The van der Waals surface area contributed by atoms with Gasteiger partial charge in [-0.3, -0.25) is 19.2 Å². The number of alkyl carbamates (subject to hydrolysis) is 1. The van der Waals surface area contributed by atoms with E-state index in [1.165, 1.54) is 4.90 Å². The fourth-order valence-corrected chi connectivity index (χ4v) is 4.11. The second-order valence-electron chi connectivity index (χ2n) is 11.2. The first-order valence-corrected chi connectivity index (χ1v) is 13.2. The van der Waals surface area contributed by atoms with E-state index < -0.39 is 47.6 Å². The highest BCUT2D eigenvalue weighted by Gasteiger charge is 2.39. The Balaban J connectivity index is 2.96. The van der Waals surface area contributed by atoms with Crippen LogP contribution in [-0.4, -0.2) is 78.1 Å². The van der Waals surface area contributed by atoms with E-state index >= 15 is 0 Å². The molecule has 0 aliphatic carbocycles. The lowest BCUT2D eigenvalue weighted by Gasteiger charge is -2.31. The van der Waals surface area contributed by atoms with Gasteiger partial charge >= 0.3 is 12.1 Å². The minimum absolute atomic E-state index is 0.0911. The number of rotatable bonds is 12. The average molecular weight is 527 g/mol. The van der Waals surface area contributed by atoms with E-state index in [4.69, 9.17) is 9.47 Å².